The van der Waals surface area contributed by atoms with Crippen molar-refractivity contribution in [2.24, 2.45) is 0 Å². The smallest absolute Gasteiger partial charge is 0.407 e. The van der Waals surface area contributed by atoms with Crippen LogP contribution in [0.3, 0.4) is 0 Å². The summed E-state index contributed by atoms with van der Waals surface area (Å²) < 4.78 is 5.32. The normalized spacial score (nSPS) is 23.4. The Hall–Kier alpha value is -0.770. The number of alkyl carbamates (subject to hydrolysis) is 1. The monoisotopic (exact) mass is 284 g/mol. The molecule has 2 unspecified atom stereocenters. The summed E-state index contributed by atoms with van der Waals surface area (Å²) in [5.74, 6) is 0. The third-order valence-electron chi connectivity index (χ3n) is 3.61. The van der Waals surface area contributed by atoms with Crippen LogP contribution in [-0.4, -0.2) is 30.3 Å². The summed E-state index contributed by atoms with van der Waals surface area (Å²) in [7, 11) is 0. The third-order valence-corrected chi connectivity index (χ3v) is 3.61. The highest BCUT2D eigenvalue weighted by Gasteiger charge is 2.25. The van der Waals surface area contributed by atoms with Crippen molar-refractivity contribution in [3.63, 3.8) is 0 Å². The first-order valence-corrected chi connectivity index (χ1v) is 8.13. The van der Waals surface area contributed by atoms with Gasteiger partial charge in [-0.2, -0.15) is 0 Å². The Morgan fingerprint density at radius 1 is 1.20 bits per heavy atom. The van der Waals surface area contributed by atoms with E-state index >= 15 is 0 Å². The first-order chi connectivity index (χ1) is 9.40. The Balaban J connectivity index is 2.24. The molecule has 0 saturated heterocycles. The van der Waals surface area contributed by atoms with Gasteiger partial charge in [0, 0.05) is 12.1 Å². The summed E-state index contributed by atoms with van der Waals surface area (Å²) in [5, 5.41) is 6.62. The number of hydrogen-bond donors (Lipinski definition) is 2. The summed E-state index contributed by atoms with van der Waals surface area (Å²) in [6.45, 7) is 9.00. The number of carbonyl (C=O) groups excluding carboxylic acids is 1. The van der Waals surface area contributed by atoms with Gasteiger partial charge < -0.3 is 15.4 Å². The van der Waals surface area contributed by atoms with Crippen LogP contribution < -0.4 is 10.6 Å². The average Bonchev–Trinajstić information content (AvgIpc) is 2.32. The molecule has 118 valence electrons. The van der Waals surface area contributed by atoms with Gasteiger partial charge in [0.15, 0.2) is 0 Å². The van der Waals surface area contributed by atoms with E-state index in [0.717, 1.165) is 19.4 Å². The second kappa shape index (κ2) is 8.50. The van der Waals surface area contributed by atoms with Crippen molar-refractivity contribution >= 4 is 6.09 Å². The molecule has 2 atom stereocenters. The van der Waals surface area contributed by atoms with Crippen molar-refractivity contribution in [2.45, 2.75) is 90.3 Å². The Morgan fingerprint density at radius 3 is 2.55 bits per heavy atom. The van der Waals surface area contributed by atoms with Crippen molar-refractivity contribution in [3.8, 4) is 0 Å². The van der Waals surface area contributed by atoms with Gasteiger partial charge in [0.05, 0.1) is 0 Å². The summed E-state index contributed by atoms with van der Waals surface area (Å²) >= 11 is 0. The number of carbonyl (C=O) groups is 1. The molecule has 2 N–H and O–H groups in total. The zero-order valence-corrected chi connectivity index (χ0v) is 13.6. The van der Waals surface area contributed by atoms with E-state index in [4.69, 9.17) is 4.74 Å². The second-order valence-corrected chi connectivity index (χ2v) is 6.87. The van der Waals surface area contributed by atoms with E-state index < -0.39 is 5.60 Å². The van der Waals surface area contributed by atoms with Gasteiger partial charge >= 0.3 is 6.09 Å². The fourth-order valence-electron chi connectivity index (χ4n) is 2.66. The predicted octanol–water partition coefficient (Wildman–Crippen LogP) is 3.60. The number of hydrogen-bond acceptors (Lipinski definition) is 3. The van der Waals surface area contributed by atoms with Crippen LogP contribution in [0.2, 0.25) is 0 Å². The molecule has 4 heteroatoms. The van der Waals surface area contributed by atoms with Gasteiger partial charge in [0.25, 0.3) is 0 Å². The maximum atomic E-state index is 11.8. The Kier molecular flexibility index (Phi) is 7.35. The van der Waals surface area contributed by atoms with Gasteiger partial charge in [-0.1, -0.05) is 19.8 Å². The molecule has 0 bridgehead atoms. The maximum Gasteiger partial charge on any atom is 0.407 e. The molecule has 0 aromatic heterocycles. The molecule has 1 saturated carbocycles. The molecule has 1 amide bonds. The number of unbranched alkanes of at least 4 members (excludes halogenated alkanes) is 2. The highest BCUT2D eigenvalue weighted by Crippen LogP contribution is 2.19. The molecular formula is C16H32N2O2. The van der Waals surface area contributed by atoms with Crippen LogP contribution in [0.1, 0.15) is 72.6 Å². The van der Waals surface area contributed by atoms with Crippen LogP contribution in [-0.2, 0) is 4.74 Å². The summed E-state index contributed by atoms with van der Waals surface area (Å²) in [6, 6.07) is 0.794. The fourth-order valence-corrected chi connectivity index (χ4v) is 2.66. The molecule has 0 heterocycles. The Labute approximate surface area is 124 Å². The molecule has 1 rings (SSSR count). The lowest BCUT2D eigenvalue weighted by atomic mass is 9.91. The topological polar surface area (TPSA) is 50.4 Å². The zero-order chi connectivity index (χ0) is 15.0. The number of nitrogens with one attached hydrogen (secondary N) is 2. The minimum atomic E-state index is -0.420. The van der Waals surface area contributed by atoms with Crippen molar-refractivity contribution in [1.29, 1.82) is 0 Å². The Morgan fingerprint density at radius 2 is 1.90 bits per heavy atom. The molecule has 1 aliphatic rings. The van der Waals surface area contributed by atoms with E-state index in [1.54, 1.807) is 0 Å². The standard InChI is InChI=1S/C16H32N2O2/c1-5-6-7-11-17-13-9-8-10-14(12-13)18-15(19)20-16(2,3)4/h13-14,17H,5-12H2,1-4H3,(H,18,19). The SMILES string of the molecule is CCCCCNC1CCCC(NC(=O)OC(C)(C)C)C1. The van der Waals surface area contributed by atoms with Gasteiger partial charge in [-0.25, -0.2) is 4.79 Å². The highest BCUT2D eigenvalue weighted by molar-refractivity contribution is 5.68. The number of amides is 1. The van der Waals surface area contributed by atoms with Crippen LogP contribution in [0.15, 0.2) is 0 Å². The quantitative estimate of drug-likeness (QED) is 0.733. The lowest BCUT2D eigenvalue weighted by molar-refractivity contribution is 0.0488. The number of rotatable bonds is 6. The summed E-state index contributed by atoms with van der Waals surface area (Å²) in [5.41, 5.74) is -0.420. The van der Waals surface area contributed by atoms with Crippen molar-refractivity contribution < 1.29 is 9.53 Å². The molecule has 1 fully saturated rings. The minimum Gasteiger partial charge on any atom is -0.444 e. The first kappa shape index (κ1) is 17.3. The molecule has 0 spiro atoms. The molecule has 4 nitrogen and oxygen atoms in total. The Bertz CT molecular complexity index is 287. The maximum absolute atomic E-state index is 11.8. The second-order valence-electron chi connectivity index (χ2n) is 6.87. The van der Waals surface area contributed by atoms with Crippen LogP contribution in [0.5, 0.6) is 0 Å². The van der Waals surface area contributed by atoms with Crippen LogP contribution >= 0.6 is 0 Å². The van der Waals surface area contributed by atoms with E-state index in [9.17, 15) is 4.79 Å². The minimum absolute atomic E-state index is 0.252. The van der Waals surface area contributed by atoms with Crippen LogP contribution in [0.25, 0.3) is 0 Å². The first-order valence-electron chi connectivity index (χ1n) is 8.13. The fraction of sp³-hybridized carbons (Fsp3) is 0.938. The van der Waals surface area contributed by atoms with E-state index in [-0.39, 0.29) is 12.1 Å². The van der Waals surface area contributed by atoms with Crippen LogP contribution in [0, 0.1) is 0 Å². The lowest BCUT2D eigenvalue weighted by Crippen LogP contribution is -2.45. The number of ether oxygens (including phenoxy) is 1. The third kappa shape index (κ3) is 7.73. The highest BCUT2D eigenvalue weighted by atomic mass is 16.6. The molecule has 0 radical (unpaired) electrons. The van der Waals surface area contributed by atoms with E-state index in [2.05, 4.69) is 17.6 Å². The van der Waals surface area contributed by atoms with E-state index in [1.807, 2.05) is 20.8 Å². The summed E-state index contributed by atoms with van der Waals surface area (Å²) in [6.07, 6.45) is 7.99. The molecule has 20 heavy (non-hydrogen) atoms. The van der Waals surface area contributed by atoms with Gasteiger partial charge in [-0.15, -0.1) is 0 Å². The van der Waals surface area contributed by atoms with Crippen molar-refractivity contribution in [2.75, 3.05) is 6.54 Å². The lowest BCUT2D eigenvalue weighted by Gasteiger charge is -2.31. The van der Waals surface area contributed by atoms with Crippen LogP contribution in [0.4, 0.5) is 4.79 Å². The molecular weight excluding hydrogens is 252 g/mol. The van der Waals surface area contributed by atoms with Gasteiger partial charge in [-0.05, 0) is 59.4 Å². The molecule has 1 aliphatic carbocycles. The largest absolute Gasteiger partial charge is 0.444 e. The molecule has 0 aliphatic heterocycles. The zero-order valence-electron chi connectivity index (χ0n) is 13.6. The summed E-state index contributed by atoms with van der Waals surface area (Å²) in [4.78, 5) is 11.8. The van der Waals surface area contributed by atoms with Gasteiger partial charge in [0.2, 0.25) is 0 Å². The molecule has 0 aromatic rings. The molecule has 0 aromatic carbocycles. The van der Waals surface area contributed by atoms with Gasteiger partial charge in [0.1, 0.15) is 5.60 Å². The predicted molar refractivity (Wildman–Crippen MR) is 82.9 cm³/mol. The van der Waals surface area contributed by atoms with Crippen molar-refractivity contribution in [1.82, 2.24) is 10.6 Å². The van der Waals surface area contributed by atoms with E-state index in [1.165, 1.54) is 32.1 Å². The van der Waals surface area contributed by atoms with Crippen molar-refractivity contribution in [3.05, 3.63) is 0 Å². The van der Waals surface area contributed by atoms with Gasteiger partial charge in [-0.3, -0.25) is 0 Å². The van der Waals surface area contributed by atoms with E-state index in [0.29, 0.717) is 6.04 Å². The average molecular weight is 284 g/mol.